The second-order valence-electron chi connectivity index (χ2n) is 13.9. The van der Waals surface area contributed by atoms with Gasteiger partial charge in [0.2, 0.25) is 0 Å². The van der Waals surface area contributed by atoms with Crippen molar-refractivity contribution in [3.63, 3.8) is 0 Å². The molecule has 0 radical (unpaired) electrons. The quantitative estimate of drug-likeness (QED) is 0.259. The lowest BCUT2D eigenvalue weighted by Crippen LogP contribution is -2.55. The number of nitrogens with zero attached hydrogens (tertiary/aromatic N) is 1. The molecule has 1 aromatic heterocycles. The molecule has 1 heterocycles. The number of anilines is 1. The van der Waals surface area contributed by atoms with Crippen LogP contribution < -0.4 is 10.7 Å². The van der Waals surface area contributed by atoms with E-state index in [0.717, 1.165) is 81.1 Å². The number of hydrogen-bond acceptors (Lipinski definition) is 4. The predicted molar refractivity (Wildman–Crippen MR) is 175 cm³/mol. The number of ether oxygens (including phenoxy) is 1. The van der Waals surface area contributed by atoms with Crippen LogP contribution in [0, 0.1) is 18.8 Å². The van der Waals surface area contributed by atoms with Gasteiger partial charge in [-0.3, -0.25) is 4.79 Å². The van der Waals surface area contributed by atoms with Crippen LogP contribution >= 0.6 is 11.6 Å². The first-order valence-electron chi connectivity index (χ1n) is 16.2. The van der Waals surface area contributed by atoms with Crippen LogP contribution in [-0.4, -0.2) is 28.6 Å². The average Bonchev–Trinajstić information content (AvgIpc) is 3.28. The molecule has 230 valence electrons. The molecule has 3 aromatic rings. The van der Waals surface area contributed by atoms with Crippen LogP contribution in [-0.2, 0) is 29.5 Å². The van der Waals surface area contributed by atoms with Gasteiger partial charge in [-0.15, -0.1) is 0 Å². The van der Waals surface area contributed by atoms with Gasteiger partial charge in [0.25, 0.3) is 0 Å². The fourth-order valence-electron chi connectivity index (χ4n) is 8.94. The topological polar surface area (TPSA) is 63.5 Å². The Hall–Kier alpha value is -2.60. The minimum atomic E-state index is -0.921. The van der Waals surface area contributed by atoms with Crippen molar-refractivity contribution in [2.75, 3.05) is 12.4 Å². The Labute approximate surface area is 261 Å². The lowest BCUT2D eigenvalue weighted by molar-refractivity contribution is -0.130. The highest BCUT2D eigenvalue weighted by atomic mass is 35.5. The van der Waals surface area contributed by atoms with E-state index in [1.54, 1.807) is 7.11 Å². The highest BCUT2D eigenvalue weighted by molar-refractivity contribution is 6.30. The molecule has 3 aliphatic rings. The second-order valence-corrected chi connectivity index (χ2v) is 14.3. The third-order valence-corrected chi connectivity index (χ3v) is 11.3. The number of aliphatic hydroxyl groups is 1. The molecule has 5 nitrogen and oxygen atoms in total. The number of halogens is 1. The summed E-state index contributed by atoms with van der Waals surface area (Å²) in [6.07, 6.45) is 10.3. The summed E-state index contributed by atoms with van der Waals surface area (Å²) in [5.74, 6) is 1.34. The fourth-order valence-corrected chi connectivity index (χ4v) is 9.13. The minimum Gasteiger partial charge on any atom is -0.375 e. The maximum Gasteiger partial charge on any atom is 0.188 e. The highest BCUT2D eigenvalue weighted by Crippen LogP contribution is 2.56. The Balaban J connectivity index is 1.26. The molecule has 2 N–H and O–H groups in total. The summed E-state index contributed by atoms with van der Waals surface area (Å²) < 4.78 is 8.01. The van der Waals surface area contributed by atoms with Gasteiger partial charge < -0.3 is 19.7 Å². The van der Waals surface area contributed by atoms with E-state index < -0.39 is 11.8 Å². The average molecular weight is 603 g/mol. The van der Waals surface area contributed by atoms with Crippen molar-refractivity contribution in [1.82, 2.24) is 4.57 Å². The van der Waals surface area contributed by atoms with Crippen molar-refractivity contribution in [3.05, 3.63) is 97.9 Å². The standard InChI is InChI=1S/C37H47ClN2O3/c1-24(22-40-23-26(3)34(41)33-25(2)9-7-14-32(33)40)19-28-20-27-10-5-6-13-31(27)36(28)15-17-37(18-16-36,35(42)43-4)39-30-12-8-11-29(38)21-30/h5-6,8,10-13,21,23-25,28,35,39,42H,7,9,14-20,22H2,1-4H3/t24-,25?,28?,35?,36?,37?/m1/s1. The molecule has 3 unspecified atom stereocenters. The Kier molecular flexibility index (Phi) is 8.54. The SMILES string of the molecule is COC(O)C1(Nc2cccc(Cl)c2)CCC2(CC1)c1ccccc1CC2C[C@@H](C)Cn1cc(C)c(=O)c2c1CCCC2C. The van der Waals surface area contributed by atoms with E-state index in [2.05, 4.69) is 54.2 Å². The highest BCUT2D eigenvalue weighted by Gasteiger charge is 2.53. The Morgan fingerprint density at radius 3 is 2.65 bits per heavy atom. The summed E-state index contributed by atoms with van der Waals surface area (Å²) in [7, 11) is 1.59. The fraction of sp³-hybridized carbons (Fsp3) is 0.541. The van der Waals surface area contributed by atoms with Crippen LogP contribution in [0.25, 0.3) is 0 Å². The Bertz CT molecular complexity index is 1520. The zero-order chi connectivity index (χ0) is 30.4. The Morgan fingerprint density at radius 2 is 1.91 bits per heavy atom. The summed E-state index contributed by atoms with van der Waals surface area (Å²) in [5.41, 5.74) is 6.85. The summed E-state index contributed by atoms with van der Waals surface area (Å²) in [4.78, 5) is 13.1. The van der Waals surface area contributed by atoms with Gasteiger partial charge in [-0.1, -0.05) is 55.8 Å². The van der Waals surface area contributed by atoms with E-state index in [9.17, 15) is 9.90 Å². The monoisotopic (exact) mass is 602 g/mol. The molecule has 3 aliphatic carbocycles. The molecule has 6 heteroatoms. The van der Waals surface area contributed by atoms with Crippen molar-refractivity contribution in [1.29, 1.82) is 0 Å². The zero-order valence-corrected chi connectivity index (χ0v) is 26.9. The van der Waals surface area contributed by atoms with Crippen LogP contribution in [0.15, 0.2) is 59.5 Å². The number of nitrogens with one attached hydrogen (secondary N) is 1. The van der Waals surface area contributed by atoms with Crippen molar-refractivity contribution < 1.29 is 9.84 Å². The molecule has 0 aliphatic heterocycles. The molecule has 43 heavy (non-hydrogen) atoms. The van der Waals surface area contributed by atoms with Crippen LogP contribution in [0.4, 0.5) is 5.69 Å². The Morgan fingerprint density at radius 1 is 1.14 bits per heavy atom. The minimum absolute atomic E-state index is 0.0746. The second kappa shape index (κ2) is 12.1. The number of aryl methyl sites for hydroxylation is 1. The maximum absolute atomic E-state index is 13.1. The molecule has 6 rings (SSSR count). The van der Waals surface area contributed by atoms with Gasteiger partial charge in [0.05, 0.1) is 5.54 Å². The van der Waals surface area contributed by atoms with E-state index >= 15 is 0 Å². The van der Waals surface area contributed by atoms with Crippen LogP contribution in [0.3, 0.4) is 0 Å². The number of aromatic nitrogens is 1. The zero-order valence-electron chi connectivity index (χ0n) is 26.2. The lowest BCUT2D eigenvalue weighted by Gasteiger charge is -2.50. The van der Waals surface area contributed by atoms with E-state index in [1.807, 2.05) is 31.2 Å². The molecule has 2 aromatic carbocycles. The molecular formula is C37H47ClN2O3. The van der Waals surface area contributed by atoms with Crippen molar-refractivity contribution in [2.24, 2.45) is 11.8 Å². The maximum atomic E-state index is 13.1. The molecule has 1 saturated carbocycles. The van der Waals surface area contributed by atoms with E-state index in [1.165, 1.54) is 16.8 Å². The van der Waals surface area contributed by atoms with E-state index in [-0.39, 0.29) is 10.8 Å². The number of rotatable bonds is 8. The third-order valence-electron chi connectivity index (χ3n) is 11.1. The summed E-state index contributed by atoms with van der Waals surface area (Å²) in [6, 6.07) is 16.8. The third kappa shape index (κ3) is 5.58. The predicted octanol–water partition coefficient (Wildman–Crippen LogP) is 7.78. The van der Waals surface area contributed by atoms with Gasteiger partial charge in [0, 0.05) is 47.4 Å². The van der Waals surface area contributed by atoms with Gasteiger partial charge in [0.1, 0.15) is 0 Å². The first-order valence-corrected chi connectivity index (χ1v) is 16.6. The van der Waals surface area contributed by atoms with Crippen LogP contribution in [0.2, 0.25) is 5.02 Å². The number of methoxy groups -OCH3 is 1. The molecule has 0 saturated heterocycles. The summed E-state index contributed by atoms with van der Waals surface area (Å²) in [5, 5.41) is 15.5. The molecule has 1 spiro atoms. The van der Waals surface area contributed by atoms with Crippen LogP contribution in [0.1, 0.15) is 92.7 Å². The van der Waals surface area contributed by atoms with Gasteiger partial charge in [-0.2, -0.15) is 0 Å². The first kappa shape index (κ1) is 30.4. The smallest absolute Gasteiger partial charge is 0.188 e. The molecule has 1 fully saturated rings. The number of benzene rings is 2. The molecule has 0 amide bonds. The van der Waals surface area contributed by atoms with E-state index in [4.69, 9.17) is 16.3 Å². The van der Waals surface area contributed by atoms with Gasteiger partial charge in [-0.25, -0.2) is 0 Å². The van der Waals surface area contributed by atoms with Gasteiger partial charge >= 0.3 is 0 Å². The van der Waals surface area contributed by atoms with Gasteiger partial charge in [0.15, 0.2) is 11.7 Å². The summed E-state index contributed by atoms with van der Waals surface area (Å²) >= 11 is 6.31. The van der Waals surface area contributed by atoms with Crippen molar-refractivity contribution in [3.8, 4) is 0 Å². The lowest BCUT2D eigenvalue weighted by atomic mass is 9.59. The van der Waals surface area contributed by atoms with Crippen molar-refractivity contribution >= 4 is 17.3 Å². The first-order chi connectivity index (χ1) is 20.7. The number of pyridine rings is 1. The van der Waals surface area contributed by atoms with Crippen molar-refractivity contribution in [2.45, 2.75) is 108 Å². The number of hydrogen-bond donors (Lipinski definition) is 2. The summed E-state index contributed by atoms with van der Waals surface area (Å²) in [6.45, 7) is 7.54. The number of fused-ring (bicyclic) bond motifs is 3. The largest absolute Gasteiger partial charge is 0.375 e. The molecule has 4 atom stereocenters. The molecule has 0 bridgehead atoms. The normalized spacial score (nSPS) is 27.9. The van der Waals surface area contributed by atoms with Crippen LogP contribution in [0.5, 0.6) is 0 Å². The van der Waals surface area contributed by atoms with Gasteiger partial charge in [-0.05, 0) is 117 Å². The van der Waals surface area contributed by atoms with E-state index in [0.29, 0.717) is 22.8 Å². The molecular weight excluding hydrogens is 556 g/mol. The number of aliphatic hydroxyl groups excluding tert-OH is 1.